The largest absolute Gasteiger partial charge is 0.494 e. The maximum atomic E-state index is 13.9. The molecule has 1 atom stereocenters. The van der Waals surface area contributed by atoms with Crippen LogP contribution in [0.2, 0.25) is 0 Å². The van der Waals surface area contributed by atoms with Gasteiger partial charge in [0.1, 0.15) is 17.2 Å². The summed E-state index contributed by atoms with van der Waals surface area (Å²) in [5.41, 5.74) is 3.73. The Morgan fingerprint density at radius 1 is 1.05 bits per heavy atom. The van der Waals surface area contributed by atoms with Gasteiger partial charge in [-0.3, -0.25) is 9.32 Å². The second kappa shape index (κ2) is 10.6. The van der Waals surface area contributed by atoms with Crippen LogP contribution in [0.25, 0.3) is 22.6 Å². The molecule has 0 spiro atoms. The number of nitrogens with zero attached hydrogens (tertiary/aromatic N) is 9. The quantitative estimate of drug-likeness (QED) is 0.169. The summed E-state index contributed by atoms with van der Waals surface area (Å²) in [6.45, 7) is 3.71. The highest BCUT2D eigenvalue weighted by Gasteiger charge is 2.24. The summed E-state index contributed by atoms with van der Waals surface area (Å²) in [6.07, 6.45) is -1.24. The number of hydrogen-bond donors (Lipinski definition) is 2. The van der Waals surface area contributed by atoms with E-state index in [4.69, 9.17) is 4.74 Å². The van der Waals surface area contributed by atoms with Crippen LogP contribution < -0.4 is 15.4 Å². The molecule has 4 aromatic heterocycles. The van der Waals surface area contributed by atoms with Gasteiger partial charge in [0.2, 0.25) is 5.82 Å². The van der Waals surface area contributed by atoms with E-state index >= 15 is 0 Å². The third-order valence-electron chi connectivity index (χ3n) is 5.61. The van der Waals surface area contributed by atoms with Gasteiger partial charge in [0.05, 0.1) is 55.1 Å². The van der Waals surface area contributed by atoms with Crippen LogP contribution in [0.3, 0.4) is 0 Å². The molecular formula is C22H21F2IN11OP. The first kappa shape index (κ1) is 26.0. The molecule has 0 aliphatic heterocycles. The fourth-order valence-corrected chi connectivity index (χ4v) is 5.65. The molecule has 5 aromatic rings. The molecule has 2 N–H and O–H groups in total. The molecule has 0 aliphatic rings. The van der Waals surface area contributed by atoms with E-state index in [0.717, 1.165) is 11.4 Å². The van der Waals surface area contributed by atoms with Crippen LogP contribution in [0.4, 0.5) is 31.8 Å². The molecule has 0 saturated carbocycles. The molecule has 16 heteroatoms. The number of hydrogen-bond acceptors (Lipinski definition) is 10. The standard InChI is InChI=1S/C22H21F2IN11OP/c1-10-11(2)27-16(9-26-10)29-15-8-14(17-21(30-15)36(38-25)22(31-17)19(23)24)28-13-7-5-6-12(18(13)37-4)20-32-34-35(3)33-20/h5-9,19,38H,1-4H3,(H2,27,28,29,30). The molecule has 1 aromatic carbocycles. The number of benzene rings is 1. The van der Waals surface area contributed by atoms with Crippen LogP contribution in [-0.2, 0) is 7.05 Å². The zero-order chi connectivity index (χ0) is 27.0. The first-order chi connectivity index (χ1) is 18.3. The molecule has 0 bridgehead atoms. The van der Waals surface area contributed by atoms with Crippen LogP contribution in [-0.4, -0.2) is 51.6 Å². The third kappa shape index (κ3) is 4.95. The van der Waals surface area contributed by atoms with E-state index in [1.807, 2.05) is 35.9 Å². The van der Waals surface area contributed by atoms with Crippen LogP contribution in [0.5, 0.6) is 5.75 Å². The minimum Gasteiger partial charge on any atom is -0.494 e. The van der Waals surface area contributed by atoms with Crippen LogP contribution in [0.1, 0.15) is 23.6 Å². The van der Waals surface area contributed by atoms with Crippen molar-refractivity contribution in [1.82, 2.24) is 44.5 Å². The van der Waals surface area contributed by atoms with Gasteiger partial charge in [0.15, 0.2) is 17.2 Å². The normalized spacial score (nSPS) is 11.7. The first-order valence-electron chi connectivity index (χ1n) is 11.1. The summed E-state index contributed by atoms with van der Waals surface area (Å²) in [5, 5.41) is 18.7. The lowest BCUT2D eigenvalue weighted by Crippen LogP contribution is -2.03. The summed E-state index contributed by atoms with van der Waals surface area (Å²) in [6, 6.07) is 7.07. The van der Waals surface area contributed by atoms with Gasteiger partial charge in [-0.15, -0.1) is 10.2 Å². The average Bonchev–Trinajstić information content (AvgIpc) is 3.49. The van der Waals surface area contributed by atoms with Crippen molar-refractivity contribution in [2.75, 3.05) is 17.7 Å². The van der Waals surface area contributed by atoms with Gasteiger partial charge in [0, 0.05) is 6.07 Å². The maximum absolute atomic E-state index is 13.9. The number of fused-ring (bicyclic) bond motifs is 1. The van der Waals surface area contributed by atoms with Crippen molar-refractivity contribution >= 4 is 62.6 Å². The maximum Gasteiger partial charge on any atom is 0.295 e. The van der Waals surface area contributed by atoms with Gasteiger partial charge in [-0.1, -0.05) is 6.07 Å². The number of nitrogens with one attached hydrogen (secondary N) is 2. The van der Waals surface area contributed by atoms with Gasteiger partial charge in [-0.25, -0.2) is 23.7 Å². The molecule has 0 aliphatic carbocycles. The molecule has 12 nitrogen and oxygen atoms in total. The second-order valence-corrected chi connectivity index (χ2v) is 10.1. The highest BCUT2D eigenvalue weighted by Crippen LogP contribution is 2.41. The number of pyridine rings is 1. The smallest absolute Gasteiger partial charge is 0.295 e. The number of tetrazole rings is 1. The SMILES string of the molecule is COc1c(Nc2cc(Nc3cnc(C)c(C)n3)nc3c2nc(C(F)F)n3PI)cccc1-c1nnn(C)n1. The van der Waals surface area contributed by atoms with E-state index in [1.54, 1.807) is 37.5 Å². The topological polar surface area (TPSA) is 133 Å². The third-order valence-corrected chi connectivity index (χ3v) is 7.66. The molecular weight excluding hydrogens is 630 g/mol. The average molecular weight is 651 g/mol. The fraction of sp³-hybridized carbons (Fsp3) is 0.227. The Bertz CT molecular complexity index is 1640. The van der Waals surface area contributed by atoms with E-state index in [2.05, 4.69) is 46.0 Å². The van der Waals surface area contributed by atoms with E-state index in [-0.39, 0.29) is 17.7 Å². The summed E-state index contributed by atoms with van der Waals surface area (Å²) >= 11 is 2.03. The van der Waals surface area contributed by atoms with Gasteiger partial charge < -0.3 is 15.4 Å². The number of alkyl halides is 2. The Labute approximate surface area is 230 Å². The van der Waals surface area contributed by atoms with Crippen LogP contribution in [0.15, 0.2) is 30.5 Å². The molecule has 0 radical (unpaired) electrons. The monoisotopic (exact) mass is 651 g/mol. The van der Waals surface area contributed by atoms with E-state index in [0.29, 0.717) is 45.8 Å². The number of imidazole rings is 1. The highest BCUT2D eigenvalue weighted by atomic mass is 127. The number of halogens is 3. The van der Waals surface area contributed by atoms with Crippen LogP contribution in [0, 0.1) is 13.8 Å². The predicted octanol–water partition coefficient (Wildman–Crippen LogP) is 5.25. The highest BCUT2D eigenvalue weighted by molar-refractivity contribution is 14.2. The number of anilines is 4. The van der Waals surface area contributed by atoms with Gasteiger partial charge in [0.25, 0.3) is 6.43 Å². The Morgan fingerprint density at radius 3 is 2.53 bits per heavy atom. The van der Waals surface area contributed by atoms with Crippen molar-refractivity contribution in [3.8, 4) is 17.1 Å². The Hall–Kier alpha value is -3.59. The summed E-state index contributed by atoms with van der Waals surface area (Å²) in [4.78, 5) is 19.0. The van der Waals surface area contributed by atoms with Gasteiger partial charge in [-0.2, -0.15) is 4.80 Å². The molecule has 0 saturated heterocycles. The Balaban J connectivity index is 1.65. The molecule has 0 amide bonds. The molecule has 1 unspecified atom stereocenters. The van der Waals surface area contributed by atoms with Crippen molar-refractivity contribution in [2.45, 2.75) is 20.3 Å². The summed E-state index contributed by atoms with van der Waals surface area (Å²) in [7, 11) is 3.19. The number of methoxy groups -OCH3 is 1. The van der Waals surface area contributed by atoms with Crippen molar-refractivity contribution < 1.29 is 13.5 Å². The number of ether oxygens (including phenoxy) is 1. The lowest BCUT2D eigenvalue weighted by molar-refractivity contribution is 0.140. The van der Waals surface area contributed by atoms with Crippen LogP contribution >= 0.6 is 28.4 Å². The minimum absolute atomic E-state index is 0.0484. The number of aromatic nitrogens is 9. The van der Waals surface area contributed by atoms with Crippen molar-refractivity contribution in [3.05, 3.63) is 47.7 Å². The fourth-order valence-electron chi connectivity index (χ4n) is 3.75. The summed E-state index contributed by atoms with van der Waals surface area (Å²) in [5.74, 6) is 1.30. The van der Waals surface area contributed by atoms with Crippen molar-refractivity contribution in [1.29, 1.82) is 0 Å². The Kier molecular flexibility index (Phi) is 7.29. The lowest BCUT2D eigenvalue weighted by Gasteiger charge is -2.15. The second-order valence-electron chi connectivity index (χ2n) is 8.08. The number of aryl methyl sites for hydroxylation is 3. The molecule has 5 rings (SSSR count). The Morgan fingerprint density at radius 2 is 1.87 bits per heavy atom. The number of para-hydroxylation sites is 1. The predicted molar refractivity (Wildman–Crippen MR) is 149 cm³/mol. The van der Waals surface area contributed by atoms with Gasteiger partial charge >= 0.3 is 0 Å². The molecule has 0 fully saturated rings. The zero-order valence-corrected chi connectivity index (χ0v) is 23.7. The molecule has 196 valence electrons. The van der Waals surface area contributed by atoms with Gasteiger partial charge in [-0.05, 0) is 53.2 Å². The minimum atomic E-state index is -2.78. The number of rotatable bonds is 8. The zero-order valence-electron chi connectivity index (χ0n) is 20.5. The summed E-state index contributed by atoms with van der Waals surface area (Å²) < 4.78 is 34.9. The van der Waals surface area contributed by atoms with E-state index < -0.39 is 6.43 Å². The van der Waals surface area contributed by atoms with Crippen molar-refractivity contribution in [3.63, 3.8) is 0 Å². The lowest BCUT2D eigenvalue weighted by atomic mass is 10.1. The molecule has 4 heterocycles. The van der Waals surface area contributed by atoms with E-state index in [9.17, 15) is 8.78 Å². The first-order valence-corrected chi connectivity index (χ1v) is 15.2. The van der Waals surface area contributed by atoms with Crippen molar-refractivity contribution in [2.24, 2.45) is 7.05 Å². The molecule has 38 heavy (non-hydrogen) atoms. The van der Waals surface area contributed by atoms with E-state index in [1.165, 1.54) is 16.2 Å².